The van der Waals surface area contributed by atoms with Crippen LogP contribution in [0.3, 0.4) is 0 Å². The van der Waals surface area contributed by atoms with Crippen LogP contribution in [0.2, 0.25) is 0 Å². The van der Waals surface area contributed by atoms with Crippen molar-refractivity contribution in [1.82, 2.24) is 25.0 Å². The van der Waals surface area contributed by atoms with Crippen LogP contribution in [0.1, 0.15) is 46.9 Å². The Morgan fingerprint density at radius 2 is 1.76 bits per heavy atom. The van der Waals surface area contributed by atoms with E-state index in [2.05, 4.69) is 20.3 Å². The largest absolute Gasteiger partial charge is 0.363 e. The lowest BCUT2D eigenvalue weighted by atomic mass is 10.0. The normalized spacial score (nSPS) is 21.1. The quantitative estimate of drug-likeness (QED) is 0.417. The lowest BCUT2D eigenvalue weighted by molar-refractivity contribution is -0.136. The van der Waals surface area contributed by atoms with Crippen LogP contribution in [-0.2, 0) is 16.1 Å². The summed E-state index contributed by atoms with van der Waals surface area (Å²) < 4.78 is 28.9. The van der Waals surface area contributed by atoms with Crippen molar-refractivity contribution in [3.8, 4) is 5.82 Å². The van der Waals surface area contributed by atoms with E-state index in [1.54, 1.807) is 54.9 Å². The van der Waals surface area contributed by atoms with Crippen molar-refractivity contribution in [3.05, 3.63) is 77.7 Å². The van der Waals surface area contributed by atoms with Crippen molar-refractivity contribution in [1.29, 1.82) is 0 Å². The van der Waals surface area contributed by atoms with Gasteiger partial charge >= 0.3 is 0 Å². The van der Waals surface area contributed by atoms with E-state index in [9.17, 15) is 23.2 Å². The molecule has 1 saturated carbocycles. The molecule has 38 heavy (non-hydrogen) atoms. The van der Waals surface area contributed by atoms with Crippen LogP contribution in [-0.4, -0.2) is 56.3 Å². The molecule has 2 aliphatic rings. The van der Waals surface area contributed by atoms with Gasteiger partial charge < -0.3 is 11.1 Å². The summed E-state index contributed by atoms with van der Waals surface area (Å²) in [5.41, 5.74) is 6.76. The van der Waals surface area contributed by atoms with Gasteiger partial charge in [-0.05, 0) is 35.6 Å². The van der Waals surface area contributed by atoms with Gasteiger partial charge in [0.25, 0.3) is 11.8 Å². The molecule has 0 spiro atoms. The number of hydrogen-bond acceptors (Lipinski definition) is 6. The second-order valence-corrected chi connectivity index (χ2v) is 10.0. The zero-order valence-electron chi connectivity index (χ0n) is 20.6. The monoisotopic (exact) mass is 522 g/mol. The van der Waals surface area contributed by atoms with Crippen LogP contribution in [0.4, 0.5) is 8.78 Å². The first-order valence-electron chi connectivity index (χ1n) is 12.5. The van der Waals surface area contributed by atoms with Crippen molar-refractivity contribution in [3.63, 3.8) is 0 Å². The molecule has 1 aliphatic carbocycles. The summed E-state index contributed by atoms with van der Waals surface area (Å²) in [6.07, 6.45) is 2.86. The summed E-state index contributed by atoms with van der Waals surface area (Å²) in [4.78, 5) is 43.3. The van der Waals surface area contributed by atoms with Crippen LogP contribution in [0, 0.1) is 11.8 Å². The maximum absolute atomic E-state index is 13.7. The number of Topliss-reactive ketones (excluding diaryl/α,β-unsaturated/α-hetero) is 1. The average molecular weight is 523 g/mol. The van der Waals surface area contributed by atoms with Crippen LogP contribution in [0.25, 0.3) is 5.82 Å². The number of benzene rings is 1. The number of fused-ring (bicyclic) bond motifs is 1. The molecule has 3 aromatic rings. The molecule has 1 aromatic carbocycles. The van der Waals surface area contributed by atoms with Gasteiger partial charge in [-0.3, -0.25) is 19.3 Å². The number of pyridine rings is 1. The lowest BCUT2D eigenvalue weighted by Crippen LogP contribution is -2.34. The number of alkyl halides is 2. The van der Waals surface area contributed by atoms with Gasteiger partial charge in [0, 0.05) is 51.3 Å². The fourth-order valence-electron chi connectivity index (χ4n) is 5.49. The van der Waals surface area contributed by atoms with Gasteiger partial charge in [-0.2, -0.15) is 5.10 Å². The molecule has 3 N–H and O–H groups in total. The predicted octanol–water partition coefficient (Wildman–Crippen LogP) is 2.66. The first kappa shape index (κ1) is 25.7. The van der Waals surface area contributed by atoms with E-state index in [1.165, 1.54) is 4.68 Å². The van der Waals surface area contributed by atoms with Gasteiger partial charge in [-0.25, -0.2) is 18.4 Å². The number of carbonyl (C=O) groups is 3. The molecule has 3 heterocycles. The molecule has 11 heteroatoms. The predicted molar refractivity (Wildman–Crippen MR) is 133 cm³/mol. The average Bonchev–Trinajstić information content (AvgIpc) is 3.57. The van der Waals surface area contributed by atoms with Crippen LogP contribution < -0.4 is 11.1 Å². The molecule has 2 fully saturated rings. The minimum Gasteiger partial charge on any atom is -0.363 e. The summed E-state index contributed by atoms with van der Waals surface area (Å²) in [6, 6.07) is 13.1. The smallest absolute Gasteiger partial charge is 0.284 e. The van der Waals surface area contributed by atoms with Crippen molar-refractivity contribution in [2.24, 2.45) is 17.6 Å². The Labute approximate surface area is 218 Å². The van der Waals surface area contributed by atoms with E-state index < -0.39 is 29.6 Å². The van der Waals surface area contributed by atoms with Crippen LogP contribution in [0.5, 0.6) is 0 Å². The first-order valence-corrected chi connectivity index (χ1v) is 12.5. The third-order valence-electron chi connectivity index (χ3n) is 7.22. The van der Waals surface area contributed by atoms with Crippen molar-refractivity contribution < 1.29 is 23.2 Å². The number of aromatic nitrogens is 3. The number of ketones is 1. The number of rotatable bonds is 9. The van der Waals surface area contributed by atoms with Gasteiger partial charge in [0.05, 0.1) is 17.3 Å². The summed E-state index contributed by atoms with van der Waals surface area (Å²) in [7, 11) is 0. The highest BCUT2D eigenvalue weighted by Gasteiger charge is 2.50. The fraction of sp³-hybridized carbons (Fsp3) is 0.370. The second-order valence-electron chi connectivity index (χ2n) is 10.0. The molecule has 9 nitrogen and oxygen atoms in total. The highest BCUT2D eigenvalue weighted by molar-refractivity contribution is 6.35. The van der Waals surface area contributed by atoms with Gasteiger partial charge in [0.1, 0.15) is 0 Å². The van der Waals surface area contributed by atoms with Gasteiger partial charge in [-0.1, -0.05) is 30.3 Å². The number of carbonyl (C=O) groups excluding carboxylic acids is 3. The van der Waals surface area contributed by atoms with Crippen molar-refractivity contribution >= 4 is 17.6 Å². The number of likely N-dealkylation sites (tertiary alicyclic amines) is 1. The van der Waals surface area contributed by atoms with E-state index in [0.717, 1.165) is 5.69 Å². The zero-order valence-corrected chi connectivity index (χ0v) is 20.6. The molecule has 0 radical (unpaired) electrons. The summed E-state index contributed by atoms with van der Waals surface area (Å²) >= 11 is 0. The Kier molecular flexibility index (Phi) is 7.02. The van der Waals surface area contributed by atoms with Crippen LogP contribution in [0.15, 0.2) is 60.9 Å². The topological polar surface area (TPSA) is 123 Å². The number of nitrogens with zero attached hydrogens (tertiary/aromatic N) is 4. The molecule has 5 rings (SSSR count). The number of nitrogens with one attached hydrogen (secondary N) is 1. The fourth-order valence-corrected chi connectivity index (χ4v) is 5.49. The van der Waals surface area contributed by atoms with Crippen molar-refractivity contribution in [2.75, 3.05) is 13.1 Å². The number of halogens is 2. The molecule has 1 aliphatic heterocycles. The molecule has 198 valence electrons. The molecular formula is C27H28F2N6O3. The van der Waals surface area contributed by atoms with E-state index in [4.69, 9.17) is 5.73 Å². The minimum atomic E-state index is -2.55. The first-order chi connectivity index (χ1) is 18.2. The van der Waals surface area contributed by atoms with E-state index in [0.29, 0.717) is 31.0 Å². The molecular weight excluding hydrogens is 494 g/mol. The number of nitrogens with two attached hydrogens (primary N) is 1. The third-order valence-corrected chi connectivity index (χ3v) is 7.22. The van der Waals surface area contributed by atoms with Crippen LogP contribution >= 0.6 is 0 Å². The number of amides is 2. The highest BCUT2D eigenvalue weighted by Crippen LogP contribution is 2.46. The Morgan fingerprint density at radius 3 is 2.45 bits per heavy atom. The van der Waals surface area contributed by atoms with Gasteiger partial charge in [0.15, 0.2) is 5.82 Å². The lowest BCUT2D eigenvalue weighted by Gasteiger charge is -2.19. The number of primary amides is 1. The zero-order chi connectivity index (χ0) is 26.9. The van der Waals surface area contributed by atoms with E-state index >= 15 is 0 Å². The molecule has 2 aromatic heterocycles. The maximum atomic E-state index is 13.7. The molecule has 3 unspecified atom stereocenters. The molecule has 2 amide bonds. The molecule has 1 saturated heterocycles. The van der Waals surface area contributed by atoms with Gasteiger partial charge in [0.2, 0.25) is 11.7 Å². The standard InChI is InChI=1S/C27H28F2N6O3/c28-27(29)12-18-14-34(15-19(18)13-27)16-20-8-10-35(33-20)25-21(7-4-9-31-25)26(38)32-22(11-23(36)24(30)37)17-5-2-1-3-6-17/h1-10,18-19,22H,11-16H2,(H2,30,37)(H,32,38). The molecule has 3 atom stereocenters. The Hall–Kier alpha value is -3.99. The SMILES string of the molecule is NC(=O)C(=O)CC(NC(=O)c1cccnc1-n1ccc(CN2CC3CC(F)(F)CC3C2)n1)c1ccccc1. The third kappa shape index (κ3) is 5.62. The van der Waals surface area contributed by atoms with E-state index in [-0.39, 0.29) is 36.7 Å². The summed E-state index contributed by atoms with van der Waals surface area (Å²) in [5.74, 6) is -4.59. The second kappa shape index (κ2) is 10.4. The Balaban J connectivity index is 1.30. The Bertz CT molecular complexity index is 1330. The van der Waals surface area contributed by atoms with E-state index in [1.807, 2.05) is 6.07 Å². The Morgan fingerprint density at radius 1 is 1.05 bits per heavy atom. The molecule has 0 bridgehead atoms. The maximum Gasteiger partial charge on any atom is 0.284 e. The van der Waals surface area contributed by atoms with Gasteiger partial charge in [-0.15, -0.1) is 0 Å². The summed E-state index contributed by atoms with van der Waals surface area (Å²) in [6.45, 7) is 1.76. The van der Waals surface area contributed by atoms with Crippen molar-refractivity contribution in [2.45, 2.75) is 37.8 Å². The highest BCUT2D eigenvalue weighted by atomic mass is 19.3. The number of hydrogen-bond donors (Lipinski definition) is 2. The summed E-state index contributed by atoms with van der Waals surface area (Å²) in [5, 5.41) is 7.41. The minimum absolute atomic E-state index is 0.0113.